The van der Waals surface area contributed by atoms with Crippen LogP contribution in [0, 0.1) is 29.6 Å². The van der Waals surface area contributed by atoms with Crippen LogP contribution in [0.1, 0.15) is 276 Å². The molecule has 2 fully saturated rings. The van der Waals surface area contributed by atoms with E-state index in [1.807, 2.05) is 173 Å². The monoisotopic (exact) mass is 2120 g/mol. The van der Waals surface area contributed by atoms with Gasteiger partial charge >= 0.3 is 0 Å². The normalized spacial score (nSPS) is 14.9. The van der Waals surface area contributed by atoms with Gasteiger partial charge in [0.25, 0.3) is 0 Å². The average Bonchev–Trinajstić information content (AvgIpc) is 1.70. The van der Waals surface area contributed by atoms with E-state index in [-0.39, 0.29) is 177 Å². The lowest BCUT2D eigenvalue weighted by Gasteiger charge is -2.30. The van der Waals surface area contributed by atoms with Crippen LogP contribution in [0.3, 0.4) is 0 Å². The Balaban J connectivity index is 0.00000171. The number of nitrogens with one attached hydrogen (secondary N) is 4. The number of nitrogens with zero attached hydrogens (tertiary/aromatic N) is 12. The third-order valence-corrected chi connectivity index (χ3v) is 18.8. The molecule has 2 aliphatic heterocycles. The van der Waals surface area contributed by atoms with Gasteiger partial charge in [-0.1, -0.05) is 90.1 Å². The van der Waals surface area contributed by atoms with Crippen molar-refractivity contribution in [1.82, 2.24) is 81.2 Å². The fraction of sp³-hybridized carbons (Fsp3) is 0.857. The van der Waals surface area contributed by atoms with Crippen molar-refractivity contribution in [3.63, 3.8) is 0 Å². The standard InChI is InChI=1S/2C18H31N3O4.C16H30N4O4.C14H26N4O2.C14H29NO5.C13H27NO4.C12H24O4/c2*1-13(2)7-16(22)10-21-9-15(19-20-21)11-23-12-18-8-17(5-6-24-18)25-14(3)4;1-13(2)24-9-8-22-6-7-23-12-14-10-20(19-18-14)11-15(21)17-16(3,4)5;1-13(2,3)15-12(19)10-18-9-11(16-17-18)7-8-20-14(4,5)6;1-12(2)9-19-11-15-14(16)10-18-6-5-17-7-8-20-13(3)4;1-11(2)9-14-13(15)10-17-6-5-16-7-8-18-12(3)4;1-10(2)12(13)9-15-6-5-14-7-8-16-11(3)4/h2*9,13-14,17-18H,5-8,10-12H2,1-4H3;10,13H,6-9,11-12H2,1-5H3,(H,17,21);9H,7-8,10H2,1-6H3,(H,15,19);12-13H,5-11H2,1-4H3,(H,15,16);11-12H,5-10H2,1-4H3,(H,14,15);10-11H,5-9H2,1-4H3/t2*17-,18+;;;;;/m10...../s1. The first-order valence-corrected chi connectivity index (χ1v) is 53.0. The van der Waals surface area contributed by atoms with Crippen molar-refractivity contribution in [2.45, 2.75) is 383 Å². The Bertz CT molecular complexity index is 3860. The second-order valence-electron chi connectivity index (χ2n) is 42.6. The van der Waals surface area contributed by atoms with E-state index in [0.717, 1.165) is 42.8 Å². The largest absolute Gasteiger partial charge is 0.377 e. The number of amides is 4. The molecule has 0 aliphatic carbocycles. The van der Waals surface area contributed by atoms with E-state index in [4.69, 9.17) is 94.7 Å². The Labute approximate surface area is 885 Å². The molecule has 4 N–H and O–H groups in total. The van der Waals surface area contributed by atoms with Crippen molar-refractivity contribution in [2.24, 2.45) is 29.6 Å². The summed E-state index contributed by atoms with van der Waals surface area (Å²) in [5.41, 5.74) is 2.32. The molecule has 0 aromatic carbocycles. The van der Waals surface area contributed by atoms with Crippen molar-refractivity contribution in [3.05, 3.63) is 47.6 Å². The fourth-order valence-corrected chi connectivity index (χ4v) is 12.5. The summed E-state index contributed by atoms with van der Waals surface area (Å²) in [5, 5.41) is 43.1. The highest BCUT2D eigenvalue weighted by atomic mass is 16.6. The predicted molar refractivity (Wildman–Crippen MR) is 563 cm³/mol. The molecule has 148 heavy (non-hydrogen) atoms. The van der Waals surface area contributed by atoms with Crippen LogP contribution >= 0.6 is 0 Å². The van der Waals surface area contributed by atoms with Gasteiger partial charge in [0.1, 0.15) is 69.8 Å². The number of rotatable bonds is 70. The van der Waals surface area contributed by atoms with Gasteiger partial charge in [-0.3, -0.25) is 33.6 Å². The van der Waals surface area contributed by atoms with E-state index >= 15 is 0 Å². The molecule has 43 nitrogen and oxygen atoms in total. The number of Topliss-reactive ketones (excluding diaryl/α,β-unsaturated/α-hetero) is 3. The van der Waals surface area contributed by atoms with Gasteiger partial charge in [-0.15, -0.1) is 20.4 Å². The highest BCUT2D eigenvalue weighted by Crippen LogP contribution is 2.22. The molecule has 6 heterocycles. The number of ether oxygens (including phenoxy) is 20. The molecule has 0 unspecified atom stereocenters. The zero-order chi connectivity index (χ0) is 111. The minimum atomic E-state index is -0.260. The third-order valence-electron chi connectivity index (χ3n) is 18.8. The first-order chi connectivity index (χ1) is 69.7. The molecule has 4 aromatic rings. The van der Waals surface area contributed by atoms with Gasteiger partial charge in [0.2, 0.25) is 23.6 Å². The molecule has 0 bridgehead atoms. The topological polar surface area (TPSA) is 475 Å². The van der Waals surface area contributed by atoms with Crippen molar-refractivity contribution in [2.75, 3.05) is 178 Å². The number of ketones is 3. The van der Waals surface area contributed by atoms with Crippen LogP contribution in [-0.2, 0) is 181 Å². The molecule has 2 saturated heterocycles. The summed E-state index contributed by atoms with van der Waals surface area (Å²) in [5.74, 6) is 1.70. The Morgan fingerprint density at radius 2 is 0.689 bits per heavy atom. The minimum absolute atomic E-state index is 0.0247. The second kappa shape index (κ2) is 85.1. The van der Waals surface area contributed by atoms with Gasteiger partial charge < -0.3 is 116 Å². The molecule has 4 amide bonds. The first kappa shape index (κ1) is 141. The van der Waals surface area contributed by atoms with Gasteiger partial charge in [-0.05, 0) is 182 Å². The molecule has 0 spiro atoms. The molecule has 43 heteroatoms. The summed E-state index contributed by atoms with van der Waals surface area (Å²) in [4.78, 5) is 80.9. The highest BCUT2D eigenvalue weighted by Gasteiger charge is 2.27. The number of hydrogen-bond donors (Lipinski definition) is 4. The fourth-order valence-electron chi connectivity index (χ4n) is 12.5. The lowest BCUT2D eigenvalue weighted by Crippen LogP contribution is -2.42. The quantitative estimate of drug-likeness (QED) is 0.0236. The van der Waals surface area contributed by atoms with Gasteiger partial charge in [0.05, 0.1) is 243 Å². The minimum Gasteiger partial charge on any atom is -0.377 e. The molecule has 860 valence electrons. The molecular formula is C105H198N16O27. The molecule has 4 atom stereocenters. The van der Waals surface area contributed by atoms with Crippen molar-refractivity contribution >= 4 is 41.0 Å². The smallest absolute Gasteiger partial charge is 0.247 e. The van der Waals surface area contributed by atoms with Crippen molar-refractivity contribution < 1.29 is 128 Å². The number of carbonyl (C=O) groups is 7. The van der Waals surface area contributed by atoms with E-state index in [9.17, 15) is 33.6 Å². The van der Waals surface area contributed by atoms with E-state index in [1.165, 1.54) is 4.68 Å². The Hall–Kier alpha value is -7.35. The van der Waals surface area contributed by atoms with Gasteiger partial charge in [-0.2, -0.15) is 0 Å². The van der Waals surface area contributed by atoms with E-state index < -0.39 is 0 Å². The Morgan fingerprint density at radius 3 is 1.03 bits per heavy atom. The van der Waals surface area contributed by atoms with Crippen LogP contribution in [0.25, 0.3) is 0 Å². The van der Waals surface area contributed by atoms with Crippen LogP contribution in [0.2, 0.25) is 0 Å². The Morgan fingerprint density at radius 1 is 0.358 bits per heavy atom. The lowest BCUT2D eigenvalue weighted by atomic mass is 10.1. The van der Waals surface area contributed by atoms with Gasteiger partial charge in [0, 0.05) is 75.1 Å². The molecule has 0 saturated carbocycles. The summed E-state index contributed by atoms with van der Waals surface area (Å²) in [6, 6.07) is 0. The lowest BCUT2D eigenvalue weighted by molar-refractivity contribution is -0.128. The summed E-state index contributed by atoms with van der Waals surface area (Å²) in [6.07, 6.45) is 14.4. The average molecular weight is 2120 g/mol. The summed E-state index contributed by atoms with van der Waals surface area (Å²) < 4.78 is 115. The zero-order valence-corrected chi connectivity index (χ0v) is 96.4. The third kappa shape index (κ3) is 91.3. The van der Waals surface area contributed by atoms with E-state index in [2.05, 4.69) is 104 Å². The van der Waals surface area contributed by atoms with Crippen LogP contribution in [0.15, 0.2) is 24.8 Å². The maximum absolute atomic E-state index is 11.8. The first-order valence-electron chi connectivity index (χ1n) is 53.0. The number of aromatic nitrogens is 12. The maximum Gasteiger partial charge on any atom is 0.247 e. The van der Waals surface area contributed by atoms with Gasteiger partial charge in [0.15, 0.2) is 17.3 Å². The summed E-state index contributed by atoms with van der Waals surface area (Å²) >= 11 is 0. The number of carbonyl (C=O) groups excluding carboxylic acids is 7. The summed E-state index contributed by atoms with van der Waals surface area (Å²) in [6.45, 7) is 76.9. The molecular weight excluding hydrogens is 1920 g/mol. The van der Waals surface area contributed by atoms with Crippen molar-refractivity contribution in [1.29, 1.82) is 0 Å². The van der Waals surface area contributed by atoms with Crippen LogP contribution < -0.4 is 21.3 Å². The molecule has 0 radical (unpaired) electrons. The van der Waals surface area contributed by atoms with Crippen LogP contribution in [0.5, 0.6) is 0 Å². The van der Waals surface area contributed by atoms with Gasteiger partial charge in [-0.25, -0.2) is 18.7 Å². The van der Waals surface area contributed by atoms with Crippen LogP contribution in [-0.4, -0.2) is 357 Å². The maximum atomic E-state index is 11.8. The molecule has 2 aliphatic rings. The van der Waals surface area contributed by atoms with Crippen molar-refractivity contribution in [3.8, 4) is 0 Å². The molecule has 6 rings (SSSR count). The Kier molecular flexibility index (Phi) is 80.8. The summed E-state index contributed by atoms with van der Waals surface area (Å²) in [7, 11) is 0. The second-order valence-corrected chi connectivity index (χ2v) is 42.6. The van der Waals surface area contributed by atoms with E-state index in [1.54, 1.807) is 38.8 Å². The van der Waals surface area contributed by atoms with E-state index in [0.29, 0.717) is 220 Å². The van der Waals surface area contributed by atoms with Crippen LogP contribution in [0.4, 0.5) is 0 Å². The zero-order valence-electron chi connectivity index (χ0n) is 96.4. The predicted octanol–water partition coefficient (Wildman–Crippen LogP) is 11.5. The highest BCUT2D eigenvalue weighted by molar-refractivity contribution is 5.81. The SMILES string of the molecule is CC(C)(C)NC(=O)Cn1cc(CCOC(C)(C)C)nn1.CC(C)CC(=O)Cn1cc(COC[C@@H]2C[C@H](OC(C)C)CCO2)nn1.CC(C)CC(=O)Cn1cc(COC[C@H]2C[C@@H](OC(C)C)CCO2)nn1.CC(C)CNC(=O)COCCOCCOC(C)C.CC(C)COCNC(=O)COCCOCCOC(C)C.CC(C)OCCOCCOCC(=O)C(C)C.CC(C)OCCOCCOCc1cn(CC(=O)NC(C)(C)C)nn1. The number of hydrogen-bond acceptors (Lipinski definition) is 35. The molecule has 4 aromatic heterocycles.